The molecule has 2 saturated heterocycles. The Morgan fingerprint density at radius 1 is 0.870 bits per heavy atom. The summed E-state index contributed by atoms with van der Waals surface area (Å²) in [6, 6.07) is 0. The van der Waals surface area contributed by atoms with Gasteiger partial charge in [-0.05, 0) is 40.8 Å². The second-order valence-corrected chi connectivity index (χ2v) is 7.47. The first-order valence-corrected chi connectivity index (χ1v) is 9.11. The van der Waals surface area contributed by atoms with Gasteiger partial charge in [0, 0.05) is 45.2 Å². The van der Waals surface area contributed by atoms with E-state index < -0.39 is 0 Å². The molecule has 5 heteroatoms. The monoisotopic (exact) mass is 327 g/mol. The van der Waals surface area contributed by atoms with Gasteiger partial charge in [0.05, 0.1) is 12.2 Å². The molecule has 0 aromatic rings. The lowest BCUT2D eigenvalue weighted by Gasteiger charge is -2.33. The second kappa shape index (κ2) is 10.3. The van der Waals surface area contributed by atoms with Crippen LogP contribution in [-0.4, -0.2) is 86.2 Å². The number of hydrogen-bond acceptors (Lipinski definition) is 4. The molecule has 0 unspecified atom stereocenters. The van der Waals surface area contributed by atoms with Crippen LogP contribution in [0.4, 0.5) is 0 Å². The highest BCUT2D eigenvalue weighted by Crippen LogP contribution is 2.13. The maximum absolute atomic E-state index is 11.5. The van der Waals surface area contributed by atoms with E-state index in [9.17, 15) is 4.79 Å². The van der Waals surface area contributed by atoms with Gasteiger partial charge >= 0.3 is 0 Å². The molecule has 0 radical (unpaired) electrons. The van der Waals surface area contributed by atoms with Gasteiger partial charge < -0.3 is 19.4 Å². The number of hydrogen-bond donors (Lipinski definition) is 0. The summed E-state index contributed by atoms with van der Waals surface area (Å²) in [5, 5.41) is 0. The third-order valence-corrected chi connectivity index (χ3v) is 4.44. The van der Waals surface area contributed by atoms with Crippen LogP contribution in [-0.2, 0) is 9.53 Å². The van der Waals surface area contributed by atoms with Crippen molar-refractivity contribution in [2.45, 2.75) is 52.7 Å². The fraction of sp³-hybridized carbons (Fsp3) is 0.944. The van der Waals surface area contributed by atoms with Gasteiger partial charge in [-0.1, -0.05) is 13.8 Å². The molecule has 0 saturated carbocycles. The Hall–Kier alpha value is -0.650. The Morgan fingerprint density at radius 2 is 1.35 bits per heavy atom. The van der Waals surface area contributed by atoms with Crippen LogP contribution in [0.5, 0.6) is 0 Å². The van der Waals surface area contributed by atoms with E-state index in [0.29, 0.717) is 18.1 Å². The van der Waals surface area contributed by atoms with Crippen molar-refractivity contribution in [3.8, 4) is 0 Å². The van der Waals surface area contributed by atoms with Crippen LogP contribution in [0.1, 0.15) is 40.5 Å². The number of ether oxygens (including phenoxy) is 1. The third kappa shape index (κ3) is 8.13. The minimum Gasteiger partial charge on any atom is -0.375 e. The summed E-state index contributed by atoms with van der Waals surface area (Å²) >= 11 is 0. The first kappa shape index (κ1) is 20.4. The molecule has 2 fully saturated rings. The molecule has 23 heavy (non-hydrogen) atoms. The summed E-state index contributed by atoms with van der Waals surface area (Å²) in [5.74, 6) is 0.441. The molecular weight excluding hydrogens is 290 g/mol. The number of rotatable bonds is 3. The summed E-state index contributed by atoms with van der Waals surface area (Å²) < 4.78 is 5.71. The first-order chi connectivity index (χ1) is 10.8. The van der Waals surface area contributed by atoms with Gasteiger partial charge in [-0.3, -0.25) is 4.79 Å². The van der Waals surface area contributed by atoms with Crippen LogP contribution in [0.3, 0.4) is 0 Å². The Labute approximate surface area is 142 Å². The summed E-state index contributed by atoms with van der Waals surface area (Å²) in [7, 11) is 4.27. The number of amides is 1. The zero-order chi connectivity index (χ0) is 17.4. The van der Waals surface area contributed by atoms with E-state index in [1.807, 2.05) is 18.7 Å². The quantitative estimate of drug-likeness (QED) is 0.793. The lowest BCUT2D eigenvalue weighted by molar-refractivity contribution is -0.136. The number of piperazine rings is 1. The maximum Gasteiger partial charge on any atom is 0.225 e. The van der Waals surface area contributed by atoms with Gasteiger partial charge in [0.25, 0.3) is 0 Å². The molecule has 0 bridgehead atoms. The molecular formula is C18H37N3O2. The summed E-state index contributed by atoms with van der Waals surface area (Å²) in [6.45, 7) is 14.3. The zero-order valence-corrected chi connectivity index (χ0v) is 16.0. The lowest BCUT2D eigenvalue weighted by atomic mass is 10.1. The SMILES string of the molecule is CC(C)C(=O)N1CCN(C)CC1.CC(C)OC1CCN(C)CC1. The van der Waals surface area contributed by atoms with Crippen LogP contribution >= 0.6 is 0 Å². The average molecular weight is 328 g/mol. The second-order valence-electron chi connectivity index (χ2n) is 7.47. The van der Waals surface area contributed by atoms with Gasteiger partial charge in [0.2, 0.25) is 5.91 Å². The lowest BCUT2D eigenvalue weighted by Crippen LogP contribution is -2.48. The molecule has 136 valence electrons. The molecule has 0 aromatic heterocycles. The maximum atomic E-state index is 11.5. The van der Waals surface area contributed by atoms with Crippen molar-refractivity contribution in [1.82, 2.24) is 14.7 Å². The Balaban J connectivity index is 0.000000231. The molecule has 5 nitrogen and oxygen atoms in total. The predicted octanol–water partition coefficient (Wildman–Crippen LogP) is 1.92. The van der Waals surface area contributed by atoms with Gasteiger partial charge in [-0.25, -0.2) is 0 Å². The number of likely N-dealkylation sites (tertiary alicyclic amines) is 1. The van der Waals surface area contributed by atoms with Crippen molar-refractivity contribution in [3.05, 3.63) is 0 Å². The van der Waals surface area contributed by atoms with Gasteiger partial charge in [0.15, 0.2) is 0 Å². The van der Waals surface area contributed by atoms with Crippen LogP contribution in [0, 0.1) is 5.92 Å². The molecule has 2 rings (SSSR count). The van der Waals surface area contributed by atoms with E-state index in [0.717, 1.165) is 26.2 Å². The van der Waals surface area contributed by atoms with Crippen LogP contribution in [0.15, 0.2) is 0 Å². The van der Waals surface area contributed by atoms with Crippen molar-refractivity contribution in [1.29, 1.82) is 0 Å². The van der Waals surface area contributed by atoms with Crippen molar-refractivity contribution in [2.24, 2.45) is 5.92 Å². The van der Waals surface area contributed by atoms with Crippen LogP contribution in [0.25, 0.3) is 0 Å². The summed E-state index contributed by atoms with van der Waals surface area (Å²) in [6.07, 6.45) is 3.32. The van der Waals surface area contributed by atoms with E-state index in [2.05, 4.69) is 37.7 Å². The van der Waals surface area contributed by atoms with Gasteiger partial charge in [-0.15, -0.1) is 0 Å². The predicted molar refractivity (Wildman–Crippen MR) is 95.7 cm³/mol. The topological polar surface area (TPSA) is 36.0 Å². The van der Waals surface area contributed by atoms with E-state index in [1.54, 1.807) is 0 Å². The highest BCUT2D eigenvalue weighted by molar-refractivity contribution is 5.78. The third-order valence-electron chi connectivity index (χ3n) is 4.44. The molecule has 2 aliphatic rings. The number of carbonyl (C=O) groups is 1. The van der Waals surface area contributed by atoms with Crippen molar-refractivity contribution in [3.63, 3.8) is 0 Å². The fourth-order valence-corrected chi connectivity index (χ4v) is 2.90. The summed E-state index contributed by atoms with van der Waals surface area (Å²) in [5.41, 5.74) is 0. The Bertz CT molecular complexity index is 331. The zero-order valence-electron chi connectivity index (χ0n) is 16.0. The van der Waals surface area contributed by atoms with E-state index in [-0.39, 0.29) is 5.92 Å². The van der Waals surface area contributed by atoms with Crippen molar-refractivity contribution >= 4 is 5.91 Å². The van der Waals surface area contributed by atoms with Gasteiger partial charge in [0.1, 0.15) is 0 Å². The van der Waals surface area contributed by atoms with Gasteiger partial charge in [-0.2, -0.15) is 0 Å². The molecule has 1 amide bonds. The highest BCUT2D eigenvalue weighted by atomic mass is 16.5. The molecule has 0 atom stereocenters. The largest absolute Gasteiger partial charge is 0.375 e. The standard InChI is InChI=1S/C9H18N2O.C9H19NO/c1-8(2)9(12)11-6-4-10(3)5-7-11;1-8(2)11-9-4-6-10(3)7-5-9/h8H,4-7H2,1-3H3;8-9H,4-7H2,1-3H3. The fourth-order valence-electron chi connectivity index (χ4n) is 2.90. The Morgan fingerprint density at radius 3 is 1.78 bits per heavy atom. The normalized spacial score (nSPS) is 21.5. The van der Waals surface area contributed by atoms with E-state index in [1.165, 1.54) is 25.9 Å². The van der Waals surface area contributed by atoms with E-state index >= 15 is 0 Å². The summed E-state index contributed by atoms with van der Waals surface area (Å²) in [4.78, 5) is 18.1. The average Bonchev–Trinajstić information content (AvgIpc) is 2.50. The van der Waals surface area contributed by atoms with Crippen molar-refractivity contribution < 1.29 is 9.53 Å². The molecule has 0 aromatic carbocycles. The van der Waals surface area contributed by atoms with Crippen LogP contribution < -0.4 is 0 Å². The Kier molecular flexibility index (Phi) is 9.10. The molecule has 0 spiro atoms. The smallest absolute Gasteiger partial charge is 0.225 e. The molecule has 2 aliphatic heterocycles. The molecule has 2 heterocycles. The number of likely N-dealkylation sites (N-methyl/N-ethyl adjacent to an activating group) is 1. The van der Waals surface area contributed by atoms with Crippen molar-refractivity contribution in [2.75, 3.05) is 53.4 Å². The van der Waals surface area contributed by atoms with E-state index in [4.69, 9.17) is 4.74 Å². The van der Waals surface area contributed by atoms with Crippen LogP contribution in [0.2, 0.25) is 0 Å². The number of nitrogens with zero attached hydrogens (tertiary/aromatic N) is 3. The molecule has 0 N–H and O–H groups in total. The molecule has 0 aliphatic carbocycles. The highest BCUT2D eigenvalue weighted by Gasteiger charge is 2.20. The number of piperidine rings is 1. The first-order valence-electron chi connectivity index (χ1n) is 9.11. The minimum absolute atomic E-state index is 0.147. The number of carbonyl (C=O) groups excluding carboxylic acids is 1. The minimum atomic E-state index is 0.147.